The summed E-state index contributed by atoms with van der Waals surface area (Å²) in [7, 11) is 0. The average Bonchev–Trinajstić information content (AvgIpc) is 3.34. The van der Waals surface area contributed by atoms with Gasteiger partial charge in [0.2, 0.25) is 5.91 Å². The summed E-state index contributed by atoms with van der Waals surface area (Å²) in [6.07, 6.45) is 2.22. The summed E-state index contributed by atoms with van der Waals surface area (Å²) in [6.45, 7) is 0.743. The first kappa shape index (κ1) is 16.6. The fraction of sp³-hybridized carbons (Fsp3) is 0.467. The van der Waals surface area contributed by atoms with Gasteiger partial charge in [0.25, 0.3) is 0 Å². The van der Waals surface area contributed by atoms with Gasteiger partial charge in [-0.15, -0.1) is 0 Å². The van der Waals surface area contributed by atoms with Crippen LogP contribution < -0.4 is 21.7 Å². The number of carbonyl (C=O) groups excluding carboxylic acids is 2. The molecule has 5 N–H and O–H groups in total. The predicted octanol–water partition coefficient (Wildman–Crippen LogP) is 0.993. The van der Waals surface area contributed by atoms with E-state index in [1.165, 1.54) is 0 Å². The van der Waals surface area contributed by atoms with E-state index in [0.717, 1.165) is 18.4 Å². The summed E-state index contributed by atoms with van der Waals surface area (Å²) in [5.41, 5.74) is 6.55. The summed E-state index contributed by atoms with van der Waals surface area (Å²) in [6, 6.07) is 6.81. The molecule has 120 valence electrons. The fourth-order valence-electron chi connectivity index (χ4n) is 2.13. The highest BCUT2D eigenvalue weighted by molar-refractivity contribution is 6.30. The number of rotatable bonds is 7. The van der Waals surface area contributed by atoms with Gasteiger partial charge >= 0.3 is 6.03 Å². The third kappa shape index (κ3) is 5.54. The van der Waals surface area contributed by atoms with Crippen molar-refractivity contribution in [1.82, 2.24) is 16.0 Å². The van der Waals surface area contributed by atoms with Crippen molar-refractivity contribution >= 4 is 23.5 Å². The lowest BCUT2D eigenvalue weighted by atomic mass is 10.2. The summed E-state index contributed by atoms with van der Waals surface area (Å²) < 4.78 is 0. The Morgan fingerprint density at radius 3 is 2.50 bits per heavy atom. The van der Waals surface area contributed by atoms with Crippen molar-refractivity contribution in [3.63, 3.8) is 0 Å². The van der Waals surface area contributed by atoms with Crippen molar-refractivity contribution in [2.24, 2.45) is 11.7 Å². The summed E-state index contributed by atoms with van der Waals surface area (Å²) in [5, 5.41) is 8.69. The Labute approximate surface area is 134 Å². The lowest BCUT2D eigenvalue weighted by Gasteiger charge is -2.16. The van der Waals surface area contributed by atoms with Gasteiger partial charge in [-0.1, -0.05) is 23.7 Å². The summed E-state index contributed by atoms with van der Waals surface area (Å²) in [4.78, 5) is 23.4. The zero-order chi connectivity index (χ0) is 15.9. The van der Waals surface area contributed by atoms with E-state index in [-0.39, 0.29) is 24.5 Å². The zero-order valence-corrected chi connectivity index (χ0v) is 13.0. The van der Waals surface area contributed by atoms with Crippen LogP contribution in [-0.2, 0) is 11.3 Å². The Morgan fingerprint density at radius 2 is 1.91 bits per heavy atom. The number of carbonyl (C=O) groups is 2. The highest BCUT2D eigenvalue weighted by Gasteiger charge is 2.31. The van der Waals surface area contributed by atoms with Gasteiger partial charge in [0.05, 0.1) is 6.54 Å². The molecule has 0 saturated heterocycles. The minimum absolute atomic E-state index is 0.0198. The number of hydrogen-bond donors (Lipinski definition) is 4. The van der Waals surface area contributed by atoms with Gasteiger partial charge in [0.1, 0.15) is 0 Å². The molecule has 6 nitrogen and oxygen atoms in total. The van der Waals surface area contributed by atoms with Crippen LogP contribution in [0.2, 0.25) is 5.02 Å². The average molecular weight is 325 g/mol. The van der Waals surface area contributed by atoms with E-state index in [4.69, 9.17) is 17.3 Å². The first-order valence-electron chi connectivity index (χ1n) is 7.34. The van der Waals surface area contributed by atoms with Crippen molar-refractivity contribution < 1.29 is 9.59 Å². The predicted molar refractivity (Wildman–Crippen MR) is 85.4 cm³/mol. The van der Waals surface area contributed by atoms with E-state index in [2.05, 4.69) is 16.0 Å². The van der Waals surface area contributed by atoms with Crippen molar-refractivity contribution in [1.29, 1.82) is 0 Å². The molecule has 0 aromatic heterocycles. The standard InChI is InChI=1S/C15H21ClN4O2/c16-12-5-1-10(2-6-12)8-18-15(22)19-9-14(21)20-13(7-17)11-3-4-11/h1-2,5-6,11,13H,3-4,7-9,17H2,(H,20,21)(H2,18,19,22). The molecule has 1 aliphatic rings. The van der Waals surface area contributed by atoms with Crippen molar-refractivity contribution in [3.8, 4) is 0 Å². The van der Waals surface area contributed by atoms with Crippen LogP contribution in [0.25, 0.3) is 0 Å². The van der Waals surface area contributed by atoms with Crippen LogP contribution >= 0.6 is 11.6 Å². The van der Waals surface area contributed by atoms with Gasteiger partial charge in [-0.25, -0.2) is 4.79 Å². The van der Waals surface area contributed by atoms with E-state index < -0.39 is 0 Å². The Kier molecular flexibility index (Phi) is 6.03. The van der Waals surface area contributed by atoms with Crippen molar-refractivity contribution in [2.75, 3.05) is 13.1 Å². The summed E-state index contributed by atoms with van der Waals surface area (Å²) in [5.74, 6) is 0.275. The molecular weight excluding hydrogens is 304 g/mol. The highest BCUT2D eigenvalue weighted by atomic mass is 35.5. The molecule has 0 aliphatic heterocycles. The molecule has 1 unspecified atom stereocenters. The Balaban J connectivity index is 1.64. The molecule has 1 aromatic carbocycles. The lowest BCUT2D eigenvalue weighted by Crippen LogP contribution is -2.47. The number of urea groups is 1. The second-order valence-electron chi connectivity index (χ2n) is 5.41. The Morgan fingerprint density at radius 1 is 1.23 bits per heavy atom. The normalized spacial score (nSPS) is 15.0. The maximum atomic E-state index is 11.7. The smallest absolute Gasteiger partial charge is 0.315 e. The molecule has 1 saturated carbocycles. The molecule has 1 fully saturated rings. The van der Waals surface area contributed by atoms with Crippen molar-refractivity contribution in [2.45, 2.75) is 25.4 Å². The third-order valence-electron chi connectivity index (χ3n) is 3.57. The molecule has 0 spiro atoms. The molecular formula is C15H21ClN4O2. The molecule has 1 aromatic rings. The van der Waals surface area contributed by atoms with Gasteiger partial charge in [-0.2, -0.15) is 0 Å². The second kappa shape index (κ2) is 8.00. The zero-order valence-electron chi connectivity index (χ0n) is 12.3. The number of nitrogens with two attached hydrogens (primary N) is 1. The minimum Gasteiger partial charge on any atom is -0.350 e. The van der Waals surface area contributed by atoms with Crippen LogP contribution in [0.1, 0.15) is 18.4 Å². The number of halogens is 1. The van der Waals surface area contributed by atoms with E-state index in [9.17, 15) is 9.59 Å². The van der Waals surface area contributed by atoms with Crippen LogP contribution in [-0.4, -0.2) is 31.1 Å². The van der Waals surface area contributed by atoms with Gasteiger partial charge < -0.3 is 21.7 Å². The van der Waals surface area contributed by atoms with Gasteiger partial charge in [-0.05, 0) is 36.5 Å². The van der Waals surface area contributed by atoms with Crippen LogP contribution in [0, 0.1) is 5.92 Å². The molecule has 3 amide bonds. The quantitative estimate of drug-likeness (QED) is 0.602. The maximum absolute atomic E-state index is 11.7. The van der Waals surface area contributed by atoms with E-state index in [0.29, 0.717) is 24.0 Å². The number of benzene rings is 1. The van der Waals surface area contributed by atoms with Crippen LogP contribution in [0.15, 0.2) is 24.3 Å². The van der Waals surface area contributed by atoms with E-state index in [1.54, 1.807) is 12.1 Å². The molecule has 0 heterocycles. The number of hydrogen-bond acceptors (Lipinski definition) is 3. The van der Waals surface area contributed by atoms with Gasteiger partial charge in [0.15, 0.2) is 0 Å². The molecule has 1 aliphatic carbocycles. The first-order valence-corrected chi connectivity index (χ1v) is 7.72. The van der Waals surface area contributed by atoms with Gasteiger partial charge in [-0.3, -0.25) is 4.79 Å². The monoisotopic (exact) mass is 324 g/mol. The van der Waals surface area contributed by atoms with Crippen molar-refractivity contribution in [3.05, 3.63) is 34.9 Å². The molecule has 0 radical (unpaired) electrons. The molecule has 1 atom stereocenters. The third-order valence-corrected chi connectivity index (χ3v) is 3.82. The van der Waals surface area contributed by atoms with Crippen LogP contribution in [0.5, 0.6) is 0 Å². The molecule has 7 heteroatoms. The second-order valence-corrected chi connectivity index (χ2v) is 5.85. The molecule has 22 heavy (non-hydrogen) atoms. The SMILES string of the molecule is NCC(NC(=O)CNC(=O)NCc1ccc(Cl)cc1)C1CC1. The highest BCUT2D eigenvalue weighted by Crippen LogP contribution is 2.32. The minimum atomic E-state index is -0.388. The largest absolute Gasteiger partial charge is 0.350 e. The summed E-state index contributed by atoms with van der Waals surface area (Å²) >= 11 is 5.79. The van der Waals surface area contributed by atoms with Crippen LogP contribution in [0.4, 0.5) is 4.79 Å². The topological polar surface area (TPSA) is 96.2 Å². The molecule has 0 bridgehead atoms. The molecule has 2 rings (SSSR count). The fourth-order valence-corrected chi connectivity index (χ4v) is 2.26. The van der Waals surface area contributed by atoms with E-state index in [1.807, 2.05) is 12.1 Å². The van der Waals surface area contributed by atoms with Crippen LogP contribution in [0.3, 0.4) is 0 Å². The number of nitrogens with one attached hydrogen (secondary N) is 3. The number of amides is 3. The lowest BCUT2D eigenvalue weighted by molar-refractivity contribution is -0.120. The van der Waals surface area contributed by atoms with Gasteiger partial charge in [0, 0.05) is 24.2 Å². The Hall–Kier alpha value is -1.79. The van der Waals surface area contributed by atoms with E-state index >= 15 is 0 Å². The first-order chi connectivity index (χ1) is 10.6. The maximum Gasteiger partial charge on any atom is 0.315 e. The Bertz CT molecular complexity index is 517.